The summed E-state index contributed by atoms with van der Waals surface area (Å²) in [5.41, 5.74) is 2.05. The number of hydrogen-bond donors (Lipinski definition) is 0. The van der Waals surface area contributed by atoms with Gasteiger partial charge in [-0.15, -0.1) is 0 Å². The summed E-state index contributed by atoms with van der Waals surface area (Å²) >= 11 is 0. The van der Waals surface area contributed by atoms with E-state index in [0.717, 1.165) is 11.1 Å². The monoisotopic (exact) mass is 182 g/mol. The molecule has 0 saturated heterocycles. The van der Waals surface area contributed by atoms with Crippen molar-refractivity contribution in [2.75, 3.05) is 0 Å². The molecule has 0 unspecified atom stereocenters. The van der Waals surface area contributed by atoms with Gasteiger partial charge < -0.3 is 0 Å². The summed E-state index contributed by atoms with van der Waals surface area (Å²) in [5.74, 6) is 0. The summed E-state index contributed by atoms with van der Waals surface area (Å²) in [7, 11) is 0. The first kappa shape index (κ1) is 14.7. The smallest absolute Gasteiger partial charge is 0.199 e. The maximum atomic E-state index is 3.74. The van der Waals surface area contributed by atoms with Gasteiger partial charge in [-0.05, 0) is 0 Å². The molecule has 0 aromatic heterocycles. The van der Waals surface area contributed by atoms with Crippen LogP contribution >= 0.6 is 0 Å². The van der Waals surface area contributed by atoms with Crippen molar-refractivity contribution in [1.82, 2.24) is 0 Å². The van der Waals surface area contributed by atoms with Crippen molar-refractivity contribution in [2.45, 2.75) is 0 Å². The Morgan fingerprint density at radius 1 is 0.900 bits per heavy atom. The van der Waals surface area contributed by atoms with E-state index in [0.29, 0.717) is 0 Å². The first-order chi connectivity index (χ1) is 3.79. The average Bonchev–Trinajstić information content (AvgIpc) is 1.64. The second kappa shape index (κ2) is 7.86. The number of rotatable bonds is 0. The van der Waals surface area contributed by atoms with E-state index in [2.05, 4.69) is 13.8 Å². The van der Waals surface area contributed by atoms with Crippen LogP contribution in [0.25, 0.3) is 0 Å². The molecule has 1 rings (SSSR count). The van der Waals surface area contributed by atoms with Crippen molar-refractivity contribution in [3.8, 4) is 0 Å². The van der Waals surface area contributed by atoms with Crippen molar-refractivity contribution in [2.24, 2.45) is 0 Å². The van der Waals surface area contributed by atoms with E-state index in [1.807, 2.05) is 24.3 Å². The molecular weight excluding hydrogens is 174 g/mol. The largest absolute Gasteiger partial charge is 1.00 e. The van der Waals surface area contributed by atoms with Crippen molar-refractivity contribution in [3.05, 3.63) is 49.2 Å². The Bertz CT molecular complexity index is 167. The van der Waals surface area contributed by atoms with Crippen molar-refractivity contribution >= 4 is 0 Å². The second-order valence-electron chi connectivity index (χ2n) is 1.82. The minimum absolute atomic E-state index is 0. The van der Waals surface area contributed by atoms with E-state index in [9.17, 15) is 0 Å². The predicted octanol–water partition coefficient (Wildman–Crippen LogP) is -3.94. The standard InChI is InChI=1S/C8H8.2K/c1-7-4-3-5-8(2)6-7;;/h3-6H,1-2H2;;/q-2;2*+1. The maximum Gasteiger partial charge on any atom is 1.00 e. The molecule has 0 radical (unpaired) electrons. The van der Waals surface area contributed by atoms with Gasteiger partial charge in [-0.3, -0.25) is 0 Å². The molecule has 42 valence electrons. The summed E-state index contributed by atoms with van der Waals surface area (Å²) in [4.78, 5) is 0. The molecule has 0 N–H and O–H groups in total. The first-order valence-electron chi connectivity index (χ1n) is 2.53. The molecule has 0 atom stereocenters. The predicted molar refractivity (Wildman–Crippen MR) is 35.4 cm³/mol. The molecule has 0 aliphatic carbocycles. The zero-order valence-electron chi connectivity index (χ0n) is 6.72. The zero-order valence-corrected chi connectivity index (χ0v) is 13.0. The van der Waals surface area contributed by atoms with Crippen LogP contribution in [0.5, 0.6) is 0 Å². The summed E-state index contributed by atoms with van der Waals surface area (Å²) in [6.45, 7) is 7.48. The Kier molecular flexibility index (Phi) is 11.6. The molecule has 0 saturated carbocycles. The van der Waals surface area contributed by atoms with Gasteiger partial charge >= 0.3 is 103 Å². The SMILES string of the molecule is [CH2-]c1cccc([CH2-])c1.[K+].[K+]. The van der Waals surface area contributed by atoms with E-state index in [1.54, 1.807) is 0 Å². The molecule has 0 bridgehead atoms. The van der Waals surface area contributed by atoms with Gasteiger partial charge in [0.1, 0.15) is 0 Å². The summed E-state index contributed by atoms with van der Waals surface area (Å²) in [6, 6.07) is 7.80. The average molecular weight is 182 g/mol. The molecular formula is C8H8K2. The number of hydrogen-bond acceptors (Lipinski definition) is 0. The summed E-state index contributed by atoms with van der Waals surface area (Å²) in [5, 5.41) is 0. The Morgan fingerprint density at radius 3 is 1.50 bits per heavy atom. The van der Waals surface area contributed by atoms with Gasteiger partial charge in [0, 0.05) is 0 Å². The summed E-state index contributed by atoms with van der Waals surface area (Å²) < 4.78 is 0. The van der Waals surface area contributed by atoms with Crippen molar-refractivity contribution in [1.29, 1.82) is 0 Å². The fraction of sp³-hybridized carbons (Fsp3) is 0. The van der Waals surface area contributed by atoms with Crippen molar-refractivity contribution in [3.63, 3.8) is 0 Å². The van der Waals surface area contributed by atoms with Crippen LogP contribution in [0.1, 0.15) is 11.1 Å². The molecule has 0 spiro atoms. The van der Waals surface area contributed by atoms with E-state index >= 15 is 0 Å². The zero-order chi connectivity index (χ0) is 5.98. The minimum atomic E-state index is 0. The van der Waals surface area contributed by atoms with Crippen LogP contribution in [-0.2, 0) is 0 Å². The first-order valence-corrected chi connectivity index (χ1v) is 2.53. The van der Waals surface area contributed by atoms with Gasteiger partial charge in [0.2, 0.25) is 0 Å². The van der Waals surface area contributed by atoms with Gasteiger partial charge in [-0.1, -0.05) is 0 Å². The Balaban J connectivity index is 0. The van der Waals surface area contributed by atoms with E-state index in [-0.39, 0.29) is 103 Å². The Morgan fingerprint density at radius 2 is 1.30 bits per heavy atom. The third kappa shape index (κ3) is 5.83. The second-order valence-corrected chi connectivity index (χ2v) is 1.82. The van der Waals surface area contributed by atoms with E-state index in [4.69, 9.17) is 0 Å². The van der Waals surface area contributed by atoms with Gasteiger partial charge in [-0.2, -0.15) is 49.2 Å². The van der Waals surface area contributed by atoms with Crippen LogP contribution in [0.2, 0.25) is 0 Å². The Labute approximate surface area is 148 Å². The molecule has 10 heavy (non-hydrogen) atoms. The maximum absolute atomic E-state index is 3.74. The Hall–Kier alpha value is 2.23. The molecule has 0 aliphatic rings. The van der Waals surface area contributed by atoms with Crippen LogP contribution in [0.15, 0.2) is 24.3 Å². The molecule has 0 heterocycles. The van der Waals surface area contributed by atoms with Crippen molar-refractivity contribution < 1.29 is 103 Å². The molecule has 0 fully saturated rings. The fourth-order valence-electron chi connectivity index (χ4n) is 0.630. The third-order valence-corrected chi connectivity index (χ3v) is 0.991. The van der Waals surface area contributed by atoms with E-state index < -0.39 is 0 Å². The normalized spacial score (nSPS) is 7.20. The quantitative estimate of drug-likeness (QED) is 0.284. The number of benzene rings is 1. The molecule has 2 heteroatoms. The molecule has 0 amide bonds. The van der Waals surface area contributed by atoms with Crippen LogP contribution in [0.3, 0.4) is 0 Å². The van der Waals surface area contributed by atoms with Crippen LogP contribution in [0.4, 0.5) is 0 Å². The van der Waals surface area contributed by atoms with Gasteiger partial charge in [-0.25, -0.2) is 0 Å². The van der Waals surface area contributed by atoms with E-state index in [1.165, 1.54) is 0 Å². The van der Waals surface area contributed by atoms with Crippen LogP contribution in [-0.4, -0.2) is 0 Å². The molecule has 0 aliphatic heterocycles. The van der Waals surface area contributed by atoms with Crippen LogP contribution in [0, 0.1) is 13.8 Å². The fourth-order valence-corrected chi connectivity index (χ4v) is 0.630. The van der Waals surface area contributed by atoms with Crippen LogP contribution < -0.4 is 103 Å². The van der Waals surface area contributed by atoms with Gasteiger partial charge in [0.25, 0.3) is 0 Å². The molecule has 1 aromatic rings. The molecule has 1 aromatic carbocycles. The van der Waals surface area contributed by atoms with Gasteiger partial charge in [0.15, 0.2) is 0 Å². The van der Waals surface area contributed by atoms with Gasteiger partial charge in [0.05, 0.1) is 0 Å². The minimum Gasteiger partial charge on any atom is -0.199 e. The topological polar surface area (TPSA) is 0 Å². The summed E-state index contributed by atoms with van der Waals surface area (Å²) in [6.07, 6.45) is 0. The molecule has 0 nitrogen and oxygen atoms in total. The third-order valence-electron chi connectivity index (χ3n) is 0.991.